The molecule has 0 bridgehead atoms. The van der Waals surface area contributed by atoms with Crippen LogP contribution >= 0.6 is 11.6 Å². The van der Waals surface area contributed by atoms with Gasteiger partial charge in [-0.1, -0.05) is 18.5 Å². The smallest absolute Gasteiger partial charge is 0.337 e. The van der Waals surface area contributed by atoms with Crippen LogP contribution in [0.3, 0.4) is 0 Å². The van der Waals surface area contributed by atoms with Gasteiger partial charge in [0.15, 0.2) is 0 Å². The summed E-state index contributed by atoms with van der Waals surface area (Å²) < 4.78 is 4.74. The van der Waals surface area contributed by atoms with Gasteiger partial charge in [-0.3, -0.25) is 9.59 Å². The van der Waals surface area contributed by atoms with E-state index < -0.39 is 11.9 Å². The Morgan fingerprint density at radius 3 is 2.74 bits per heavy atom. The van der Waals surface area contributed by atoms with E-state index in [0.717, 1.165) is 6.42 Å². The number of carbonyl (C=O) groups is 3. The molecule has 1 aliphatic rings. The van der Waals surface area contributed by atoms with Crippen LogP contribution in [0.1, 0.15) is 23.7 Å². The molecule has 0 unspecified atom stereocenters. The summed E-state index contributed by atoms with van der Waals surface area (Å²) in [6.07, 6.45) is 0.784. The quantitative estimate of drug-likeness (QED) is 0.570. The highest BCUT2D eigenvalue weighted by Gasteiger charge is 2.34. The number of anilines is 1. The fourth-order valence-electron chi connectivity index (χ4n) is 2.60. The summed E-state index contributed by atoms with van der Waals surface area (Å²) in [7, 11) is 1.23. The first-order chi connectivity index (χ1) is 12.9. The zero-order valence-corrected chi connectivity index (χ0v) is 15.9. The van der Waals surface area contributed by atoms with Crippen LogP contribution in [-0.4, -0.2) is 61.1 Å². The molecule has 0 fully saturated rings. The van der Waals surface area contributed by atoms with Gasteiger partial charge in [0.1, 0.15) is 5.70 Å². The molecule has 9 heteroatoms. The number of nitrogens with zero attached hydrogens (tertiary/aromatic N) is 1. The van der Waals surface area contributed by atoms with E-state index in [1.54, 1.807) is 6.07 Å². The SMILES string of the molecule is CCCNC(=O)c1cc(NC2=C(C(=O)OC)CN(CCO)C2=O)ccc1Cl. The molecule has 0 atom stereocenters. The number of rotatable bonds is 8. The normalized spacial score (nSPS) is 13.8. The number of aliphatic hydroxyl groups excluding tert-OH is 1. The summed E-state index contributed by atoms with van der Waals surface area (Å²) in [5.41, 5.74) is 0.894. The van der Waals surface area contributed by atoms with Crippen LogP contribution in [0.4, 0.5) is 5.69 Å². The number of nitrogens with one attached hydrogen (secondary N) is 2. The lowest BCUT2D eigenvalue weighted by atomic mass is 10.1. The van der Waals surface area contributed by atoms with Crippen molar-refractivity contribution < 1.29 is 24.2 Å². The Labute approximate surface area is 162 Å². The maximum atomic E-state index is 12.5. The predicted molar refractivity (Wildman–Crippen MR) is 100 cm³/mol. The number of ether oxygens (including phenoxy) is 1. The fraction of sp³-hybridized carbons (Fsp3) is 0.389. The van der Waals surface area contributed by atoms with Gasteiger partial charge in [-0.15, -0.1) is 0 Å². The maximum Gasteiger partial charge on any atom is 0.337 e. The van der Waals surface area contributed by atoms with Crippen molar-refractivity contribution in [2.75, 3.05) is 38.7 Å². The lowest BCUT2D eigenvalue weighted by Gasteiger charge is -2.15. The zero-order valence-electron chi connectivity index (χ0n) is 15.2. The van der Waals surface area contributed by atoms with Crippen LogP contribution in [0.25, 0.3) is 0 Å². The van der Waals surface area contributed by atoms with E-state index in [4.69, 9.17) is 21.4 Å². The first-order valence-corrected chi connectivity index (χ1v) is 8.87. The standard InChI is InChI=1S/C18H22ClN3O5/c1-3-6-20-16(24)12-9-11(4-5-14(12)19)21-15-13(18(26)27-2)10-22(7-8-23)17(15)25/h4-5,9,21,23H,3,6-8,10H2,1-2H3,(H,20,24). The first kappa shape index (κ1) is 20.7. The summed E-state index contributed by atoms with van der Waals surface area (Å²) in [4.78, 5) is 38.1. The summed E-state index contributed by atoms with van der Waals surface area (Å²) in [5.74, 6) is -1.40. The monoisotopic (exact) mass is 395 g/mol. The summed E-state index contributed by atoms with van der Waals surface area (Å²) in [6.45, 7) is 2.35. The molecular weight excluding hydrogens is 374 g/mol. The molecule has 3 N–H and O–H groups in total. The van der Waals surface area contributed by atoms with Gasteiger partial charge in [0.2, 0.25) is 0 Å². The minimum absolute atomic E-state index is 0.0336. The van der Waals surface area contributed by atoms with E-state index >= 15 is 0 Å². The largest absolute Gasteiger partial charge is 0.466 e. The number of carbonyl (C=O) groups excluding carboxylic acids is 3. The Balaban J connectivity index is 2.31. The Hall–Kier alpha value is -2.58. The molecule has 2 rings (SSSR count). The number of aliphatic hydroxyl groups is 1. The molecule has 0 saturated carbocycles. The summed E-state index contributed by atoms with van der Waals surface area (Å²) in [5, 5.41) is 15.0. The minimum atomic E-state index is -0.638. The summed E-state index contributed by atoms with van der Waals surface area (Å²) >= 11 is 6.10. The average Bonchev–Trinajstić information content (AvgIpc) is 2.97. The van der Waals surface area contributed by atoms with Crippen LogP contribution < -0.4 is 10.6 Å². The molecule has 0 aliphatic carbocycles. The molecule has 0 saturated heterocycles. The number of methoxy groups -OCH3 is 1. The van der Waals surface area contributed by atoms with Crippen molar-refractivity contribution in [1.29, 1.82) is 0 Å². The van der Waals surface area contributed by atoms with Crippen LogP contribution in [0.2, 0.25) is 5.02 Å². The van der Waals surface area contributed by atoms with Gasteiger partial charge in [-0.25, -0.2) is 4.79 Å². The van der Waals surface area contributed by atoms with E-state index in [0.29, 0.717) is 12.2 Å². The van der Waals surface area contributed by atoms with Crippen LogP contribution in [0, 0.1) is 0 Å². The Bertz CT molecular complexity index is 778. The molecule has 27 heavy (non-hydrogen) atoms. The van der Waals surface area contributed by atoms with Crippen LogP contribution in [0.5, 0.6) is 0 Å². The second-order valence-corrected chi connectivity index (χ2v) is 6.28. The maximum absolute atomic E-state index is 12.5. The van der Waals surface area contributed by atoms with Crippen molar-refractivity contribution in [3.8, 4) is 0 Å². The third kappa shape index (κ3) is 4.78. The molecule has 0 radical (unpaired) electrons. The predicted octanol–water partition coefficient (Wildman–Crippen LogP) is 1.15. The number of esters is 1. The topological polar surface area (TPSA) is 108 Å². The highest BCUT2D eigenvalue weighted by Crippen LogP contribution is 2.26. The molecule has 1 aliphatic heterocycles. The molecule has 0 aromatic heterocycles. The van der Waals surface area contributed by atoms with E-state index in [9.17, 15) is 14.4 Å². The van der Waals surface area contributed by atoms with Crippen molar-refractivity contribution in [1.82, 2.24) is 10.2 Å². The Morgan fingerprint density at radius 1 is 1.37 bits per heavy atom. The number of halogens is 1. The van der Waals surface area contributed by atoms with E-state index in [2.05, 4.69) is 10.6 Å². The third-order valence-electron chi connectivity index (χ3n) is 3.97. The zero-order chi connectivity index (χ0) is 20.0. The highest BCUT2D eigenvalue weighted by atomic mass is 35.5. The van der Waals surface area contributed by atoms with E-state index in [-0.39, 0.29) is 47.5 Å². The molecule has 1 heterocycles. The van der Waals surface area contributed by atoms with E-state index in [1.165, 1.54) is 24.1 Å². The number of β-amino-alcohol motifs (C(OH)–C–C–N with tert-alkyl or cyclic N) is 1. The molecular formula is C18H22ClN3O5. The van der Waals surface area contributed by atoms with Gasteiger partial charge in [-0.05, 0) is 24.6 Å². The average molecular weight is 396 g/mol. The Kier molecular flexibility index (Phi) is 7.20. The number of hydrogen-bond donors (Lipinski definition) is 3. The summed E-state index contributed by atoms with van der Waals surface area (Å²) in [6, 6.07) is 4.65. The number of amides is 2. The number of benzene rings is 1. The highest BCUT2D eigenvalue weighted by molar-refractivity contribution is 6.34. The molecule has 8 nitrogen and oxygen atoms in total. The first-order valence-electron chi connectivity index (χ1n) is 8.49. The molecule has 1 aromatic rings. The van der Waals surface area contributed by atoms with Gasteiger partial charge in [0.25, 0.3) is 11.8 Å². The Morgan fingerprint density at radius 2 is 2.11 bits per heavy atom. The van der Waals surface area contributed by atoms with Crippen molar-refractivity contribution in [2.24, 2.45) is 0 Å². The van der Waals surface area contributed by atoms with Crippen molar-refractivity contribution in [3.05, 3.63) is 40.1 Å². The van der Waals surface area contributed by atoms with Gasteiger partial charge >= 0.3 is 5.97 Å². The van der Waals surface area contributed by atoms with Crippen molar-refractivity contribution >= 4 is 35.1 Å². The van der Waals surface area contributed by atoms with E-state index in [1.807, 2.05) is 6.92 Å². The second kappa shape index (κ2) is 9.38. The van der Waals surface area contributed by atoms with Crippen molar-refractivity contribution in [2.45, 2.75) is 13.3 Å². The molecule has 0 spiro atoms. The van der Waals surface area contributed by atoms with Gasteiger partial charge in [0.05, 0.1) is 36.4 Å². The second-order valence-electron chi connectivity index (χ2n) is 5.87. The number of hydrogen-bond acceptors (Lipinski definition) is 6. The fourth-order valence-corrected chi connectivity index (χ4v) is 2.81. The lowest BCUT2D eigenvalue weighted by Crippen LogP contribution is -2.31. The van der Waals surface area contributed by atoms with Crippen LogP contribution in [0.15, 0.2) is 29.5 Å². The third-order valence-corrected chi connectivity index (χ3v) is 4.30. The van der Waals surface area contributed by atoms with Crippen LogP contribution in [-0.2, 0) is 14.3 Å². The minimum Gasteiger partial charge on any atom is -0.466 e. The molecule has 146 valence electrons. The van der Waals surface area contributed by atoms with Gasteiger partial charge in [0, 0.05) is 18.8 Å². The van der Waals surface area contributed by atoms with Gasteiger partial charge in [-0.2, -0.15) is 0 Å². The van der Waals surface area contributed by atoms with Gasteiger partial charge < -0.3 is 25.4 Å². The van der Waals surface area contributed by atoms with Crippen molar-refractivity contribution in [3.63, 3.8) is 0 Å². The lowest BCUT2D eigenvalue weighted by molar-refractivity contribution is -0.136. The molecule has 2 amide bonds. The molecule has 1 aromatic carbocycles.